The summed E-state index contributed by atoms with van der Waals surface area (Å²) in [6, 6.07) is 0. The molecule has 0 aromatic carbocycles. The van der Waals surface area contributed by atoms with Gasteiger partial charge in [-0.25, -0.2) is 0 Å². The molecule has 0 amide bonds. The van der Waals surface area contributed by atoms with Gasteiger partial charge in [-0.05, 0) is 37.3 Å². The Bertz CT molecular complexity index is 159. The van der Waals surface area contributed by atoms with Crippen molar-refractivity contribution in [1.82, 2.24) is 5.32 Å². The third-order valence-electron chi connectivity index (χ3n) is 3.84. The number of rotatable bonds is 7. The van der Waals surface area contributed by atoms with Gasteiger partial charge in [0.05, 0.1) is 0 Å². The monoisotopic (exact) mass is 225 g/mol. The SMILES string of the molecule is CC(C)CNCC(C)CCC1CCCCC1. The lowest BCUT2D eigenvalue weighted by atomic mass is 9.84. The molecule has 1 aliphatic carbocycles. The van der Waals surface area contributed by atoms with Crippen molar-refractivity contribution in [3.63, 3.8) is 0 Å². The number of hydrogen-bond acceptors (Lipinski definition) is 1. The van der Waals surface area contributed by atoms with Crippen molar-refractivity contribution < 1.29 is 0 Å². The van der Waals surface area contributed by atoms with E-state index in [0.717, 1.165) is 17.8 Å². The maximum absolute atomic E-state index is 3.57. The first-order valence-corrected chi connectivity index (χ1v) is 7.39. The van der Waals surface area contributed by atoms with Crippen molar-refractivity contribution in [2.45, 2.75) is 65.7 Å². The first-order chi connectivity index (χ1) is 7.68. The highest BCUT2D eigenvalue weighted by atomic mass is 14.9. The van der Waals surface area contributed by atoms with Crippen LogP contribution in [-0.2, 0) is 0 Å². The van der Waals surface area contributed by atoms with Gasteiger partial charge in [-0.15, -0.1) is 0 Å². The van der Waals surface area contributed by atoms with Gasteiger partial charge in [0.1, 0.15) is 0 Å². The molecule has 0 heterocycles. The predicted molar refractivity (Wildman–Crippen MR) is 72.7 cm³/mol. The fraction of sp³-hybridized carbons (Fsp3) is 1.00. The standard InChI is InChI=1S/C15H31N/c1-13(2)11-16-12-14(3)9-10-15-7-5-4-6-8-15/h13-16H,4-12H2,1-3H3. The maximum Gasteiger partial charge on any atom is -0.00230 e. The zero-order valence-electron chi connectivity index (χ0n) is 11.6. The van der Waals surface area contributed by atoms with Crippen molar-refractivity contribution in [2.24, 2.45) is 17.8 Å². The molecule has 1 unspecified atom stereocenters. The first-order valence-electron chi connectivity index (χ1n) is 7.39. The van der Waals surface area contributed by atoms with E-state index in [-0.39, 0.29) is 0 Å². The van der Waals surface area contributed by atoms with E-state index >= 15 is 0 Å². The van der Waals surface area contributed by atoms with Gasteiger partial charge < -0.3 is 5.32 Å². The summed E-state index contributed by atoms with van der Waals surface area (Å²) < 4.78 is 0. The molecular weight excluding hydrogens is 194 g/mol. The van der Waals surface area contributed by atoms with Crippen LogP contribution in [0.1, 0.15) is 65.7 Å². The number of nitrogens with one attached hydrogen (secondary N) is 1. The van der Waals surface area contributed by atoms with Gasteiger partial charge in [0.15, 0.2) is 0 Å². The average molecular weight is 225 g/mol. The molecule has 0 bridgehead atoms. The number of hydrogen-bond donors (Lipinski definition) is 1. The van der Waals surface area contributed by atoms with Crippen LogP contribution in [0.2, 0.25) is 0 Å². The van der Waals surface area contributed by atoms with Crippen molar-refractivity contribution in [2.75, 3.05) is 13.1 Å². The highest BCUT2D eigenvalue weighted by Gasteiger charge is 2.14. The van der Waals surface area contributed by atoms with Crippen LogP contribution in [-0.4, -0.2) is 13.1 Å². The van der Waals surface area contributed by atoms with Crippen LogP contribution in [0.4, 0.5) is 0 Å². The summed E-state index contributed by atoms with van der Waals surface area (Å²) in [4.78, 5) is 0. The first kappa shape index (κ1) is 14.0. The fourth-order valence-corrected chi connectivity index (χ4v) is 2.72. The molecule has 0 saturated heterocycles. The summed E-state index contributed by atoms with van der Waals surface area (Å²) in [5, 5.41) is 3.57. The zero-order valence-corrected chi connectivity index (χ0v) is 11.6. The van der Waals surface area contributed by atoms with Gasteiger partial charge in [-0.3, -0.25) is 0 Å². The zero-order chi connectivity index (χ0) is 11.8. The van der Waals surface area contributed by atoms with E-state index < -0.39 is 0 Å². The molecule has 0 aliphatic heterocycles. The second kappa shape index (κ2) is 8.11. The van der Waals surface area contributed by atoms with Gasteiger partial charge in [0.2, 0.25) is 0 Å². The molecule has 96 valence electrons. The van der Waals surface area contributed by atoms with Crippen LogP contribution < -0.4 is 5.32 Å². The van der Waals surface area contributed by atoms with Crippen LogP contribution in [0, 0.1) is 17.8 Å². The van der Waals surface area contributed by atoms with E-state index in [0.29, 0.717) is 0 Å². The summed E-state index contributed by atoms with van der Waals surface area (Å²) in [6.45, 7) is 9.34. The molecule has 1 atom stereocenters. The minimum atomic E-state index is 0.783. The van der Waals surface area contributed by atoms with E-state index in [2.05, 4.69) is 26.1 Å². The summed E-state index contributed by atoms with van der Waals surface area (Å²) in [5.41, 5.74) is 0. The van der Waals surface area contributed by atoms with Crippen molar-refractivity contribution in [3.8, 4) is 0 Å². The Morgan fingerprint density at radius 2 is 1.69 bits per heavy atom. The largest absolute Gasteiger partial charge is 0.316 e. The van der Waals surface area contributed by atoms with Crippen molar-refractivity contribution in [3.05, 3.63) is 0 Å². The third kappa shape index (κ3) is 6.52. The lowest BCUT2D eigenvalue weighted by Crippen LogP contribution is -2.25. The minimum Gasteiger partial charge on any atom is -0.316 e. The van der Waals surface area contributed by atoms with Crippen LogP contribution in [0.25, 0.3) is 0 Å². The fourth-order valence-electron chi connectivity index (χ4n) is 2.72. The summed E-state index contributed by atoms with van der Waals surface area (Å²) >= 11 is 0. The van der Waals surface area contributed by atoms with Gasteiger partial charge in [-0.2, -0.15) is 0 Å². The van der Waals surface area contributed by atoms with E-state index in [1.54, 1.807) is 0 Å². The van der Waals surface area contributed by atoms with Crippen LogP contribution in [0.3, 0.4) is 0 Å². The van der Waals surface area contributed by atoms with Crippen molar-refractivity contribution >= 4 is 0 Å². The smallest absolute Gasteiger partial charge is 0.00230 e. The Labute approximate surface area is 102 Å². The highest BCUT2D eigenvalue weighted by Crippen LogP contribution is 2.28. The molecule has 1 rings (SSSR count). The molecule has 1 aliphatic rings. The van der Waals surface area contributed by atoms with E-state index in [4.69, 9.17) is 0 Å². The van der Waals surface area contributed by atoms with Crippen molar-refractivity contribution in [1.29, 1.82) is 0 Å². The normalized spacial score (nSPS) is 20.2. The summed E-state index contributed by atoms with van der Waals surface area (Å²) in [5.74, 6) is 2.70. The molecule has 0 aromatic heterocycles. The lowest BCUT2D eigenvalue weighted by Gasteiger charge is -2.23. The van der Waals surface area contributed by atoms with Gasteiger partial charge >= 0.3 is 0 Å². The second-order valence-corrected chi connectivity index (χ2v) is 6.24. The molecule has 0 radical (unpaired) electrons. The van der Waals surface area contributed by atoms with Gasteiger partial charge in [-0.1, -0.05) is 59.3 Å². The van der Waals surface area contributed by atoms with E-state index in [1.165, 1.54) is 58.0 Å². The van der Waals surface area contributed by atoms with Gasteiger partial charge in [0.25, 0.3) is 0 Å². The molecule has 1 N–H and O–H groups in total. The van der Waals surface area contributed by atoms with Crippen LogP contribution in [0.15, 0.2) is 0 Å². The predicted octanol–water partition coefficient (Wildman–Crippen LogP) is 4.23. The molecule has 1 fully saturated rings. The van der Waals surface area contributed by atoms with Crippen LogP contribution in [0.5, 0.6) is 0 Å². The molecule has 0 spiro atoms. The lowest BCUT2D eigenvalue weighted by molar-refractivity contribution is 0.308. The van der Waals surface area contributed by atoms with Gasteiger partial charge in [0, 0.05) is 0 Å². The quantitative estimate of drug-likeness (QED) is 0.684. The Kier molecular flexibility index (Phi) is 7.11. The van der Waals surface area contributed by atoms with Crippen LogP contribution >= 0.6 is 0 Å². The molecule has 0 aromatic rings. The Morgan fingerprint density at radius 3 is 2.31 bits per heavy atom. The molecule has 1 saturated carbocycles. The summed E-state index contributed by atoms with van der Waals surface area (Å²) in [7, 11) is 0. The molecule has 1 heteroatoms. The summed E-state index contributed by atoms with van der Waals surface area (Å²) in [6.07, 6.45) is 10.4. The Balaban J connectivity index is 1.98. The Hall–Kier alpha value is -0.0400. The molecule has 16 heavy (non-hydrogen) atoms. The van der Waals surface area contributed by atoms with E-state index in [1.807, 2.05) is 0 Å². The second-order valence-electron chi connectivity index (χ2n) is 6.24. The third-order valence-corrected chi connectivity index (χ3v) is 3.84. The van der Waals surface area contributed by atoms with E-state index in [9.17, 15) is 0 Å². The average Bonchev–Trinajstić information content (AvgIpc) is 2.27. The minimum absolute atomic E-state index is 0.783. The molecular formula is C15H31N. The maximum atomic E-state index is 3.57. The Morgan fingerprint density at radius 1 is 1.00 bits per heavy atom. The topological polar surface area (TPSA) is 12.0 Å². The highest BCUT2D eigenvalue weighted by molar-refractivity contribution is 4.68. The molecule has 1 nitrogen and oxygen atoms in total.